The topological polar surface area (TPSA) is 285 Å². The first-order valence-electron chi connectivity index (χ1n) is 8.16. The maximum atomic E-state index is 12.8. The summed E-state index contributed by atoms with van der Waals surface area (Å²) in [6.07, 6.45) is 2.90. The van der Waals surface area contributed by atoms with Crippen molar-refractivity contribution in [2.24, 2.45) is 0 Å². The maximum Gasteiger partial charge on any atom is 1.00 e. The van der Waals surface area contributed by atoms with Crippen molar-refractivity contribution in [2.75, 3.05) is 11.2 Å². The molecule has 1 aromatic rings. The number of hydrogen-bond acceptors (Lipinski definition) is 14. The van der Waals surface area contributed by atoms with E-state index in [-0.39, 0.29) is 118 Å². The second-order valence-electron chi connectivity index (χ2n) is 6.16. The van der Waals surface area contributed by atoms with Crippen molar-refractivity contribution >= 4 is 60.6 Å². The quantitative estimate of drug-likeness (QED) is 0.0794. The monoisotopic (exact) mass is 625 g/mol. The molecule has 1 aromatic carbocycles. The van der Waals surface area contributed by atoms with Crippen LogP contribution in [-0.2, 0) is 25.0 Å². The first-order chi connectivity index (χ1) is 15.5. The van der Waals surface area contributed by atoms with E-state index in [9.17, 15) is 45.7 Å². The fraction of sp³-hybridized carbons (Fsp3) is 0.0625. The molecule has 0 aromatic heterocycles. The number of carbonyl (C=O) groups is 3. The fourth-order valence-corrected chi connectivity index (χ4v) is 3.79. The Labute approximate surface area is 308 Å². The molecule has 3 rings (SSSR count). The van der Waals surface area contributed by atoms with Crippen molar-refractivity contribution in [3.63, 3.8) is 0 Å². The Morgan fingerprint density at radius 3 is 1.95 bits per heavy atom. The zero-order valence-corrected chi connectivity index (χ0v) is 30.5. The molecule has 15 nitrogen and oxygen atoms in total. The van der Waals surface area contributed by atoms with Gasteiger partial charge in [-0.3, -0.25) is 10.5 Å². The molecule has 2 aliphatic carbocycles. The second-order valence-corrected chi connectivity index (χ2v) is 9.43. The number of aliphatic hydroxyl groups is 1. The van der Waals surface area contributed by atoms with Crippen LogP contribution in [-0.4, -0.2) is 68.6 Å². The minimum Gasteiger partial charge on any atom is -0.790 e. The number of allylic oxidation sites excluding steroid dienone is 4. The molecule has 0 bridgehead atoms. The van der Waals surface area contributed by atoms with Gasteiger partial charge in [0.05, 0.1) is 22.0 Å². The molecule has 0 saturated heterocycles. The third-order valence-corrected chi connectivity index (χ3v) is 5.56. The number of carboxylic acid groups (broad SMARTS) is 1. The molecule has 0 heterocycles. The summed E-state index contributed by atoms with van der Waals surface area (Å²) in [5.74, 6) is -6.02. The number of nitrogens with one attached hydrogen (secondary N) is 2. The number of phenols is 1. The van der Waals surface area contributed by atoms with Gasteiger partial charge in [0.25, 0.3) is 0 Å². The molecule has 38 heavy (non-hydrogen) atoms. The van der Waals surface area contributed by atoms with Gasteiger partial charge in [0.2, 0.25) is 0 Å². The third-order valence-electron chi connectivity index (χ3n) is 4.07. The average molecular weight is 625 g/mol. The Hall–Kier alpha value is 0.580. The molecule has 0 atom stereocenters. The van der Waals surface area contributed by atoms with Crippen LogP contribution in [0.25, 0.3) is 11.5 Å². The number of hydrogen-bond donors (Lipinski definition) is 4. The molecule has 0 fully saturated rings. The van der Waals surface area contributed by atoms with Crippen LogP contribution in [0.15, 0.2) is 33.9 Å². The standard InChI is InChI=1S/C15H11N2O10S2.CH2O3S.4Na/c16-5-1-2-7(18)11-9(5)14(20)12-10(15(11)21)6(17-4-28(22,23)24)3-8(13(12)19)29(25,26)27;2-1(3)5-4;;;;/h1,3H,4H2,(H7,16,17,18,19,20,21,22,23,24,25,26,27);4H,(H,2,3);;;;/q-1;;4*+1/p-4. The van der Waals surface area contributed by atoms with Gasteiger partial charge in [-0.25, -0.2) is 21.6 Å². The first kappa shape index (κ1) is 43.0. The zero-order chi connectivity index (χ0) is 26.2. The van der Waals surface area contributed by atoms with E-state index in [2.05, 4.69) is 6.08 Å². The molecule has 184 valence electrons. The van der Waals surface area contributed by atoms with E-state index >= 15 is 0 Å². The van der Waals surface area contributed by atoms with Crippen LogP contribution in [0.4, 0.5) is 10.5 Å². The van der Waals surface area contributed by atoms with E-state index in [1.807, 2.05) is 5.32 Å². The molecule has 0 radical (unpaired) electrons. The molecule has 22 heteroatoms. The molecule has 0 unspecified atom stereocenters. The van der Waals surface area contributed by atoms with Gasteiger partial charge in [-0.2, -0.15) is 6.08 Å². The summed E-state index contributed by atoms with van der Waals surface area (Å²) in [4.78, 5) is 32.6. The van der Waals surface area contributed by atoms with Crippen molar-refractivity contribution in [1.29, 1.82) is 0 Å². The molecule has 2 aliphatic rings. The Bertz CT molecular complexity index is 1440. The van der Waals surface area contributed by atoms with E-state index < -0.39 is 105 Å². The predicted molar refractivity (Wildman–Crippen MR) is 109 cm³/mol. The van der Waals surface area contributed by atoms with E-state index in [1.165, 1.54) is 0 Å². The fourth-order valence-electron chi connectivity index (χ4n) is 2.85. The van der Waals surface area contributed by atoms with Gasteiger partial charge in [-0.15, -0.1) is 18.1 Å². The van der Waals surface area contributed by atoms with Crippen LogP contribution in [0.3, 0.4) is 0 Å². The molecular formula is C16H9N2Na4O13S3-. The summed E-state index contributed by atoms with van der Waals surface area (Å²) in [6.45, 7) is 0. The molecule has 0 aliphatic heterocycles. The van der Waals surface area contributed by atoms with E-state index in [0.29, 0.717) is 6.07 Å². The number of benzene rings is 1. The average Bonchev–Trinajstić information content (AvgIpc) is 2.71. The van der Waals surface area contributed by atoms with Crippen LogP contribution in [0.2, 0.25) is 0 Å². The summed E-state index contributed by atoms with van der Waals surface area (Å²) in [7, 11) is -10.3. The number of rotatable bonds is 4. The molecular weight excluding hydrogens is 616 g/mol. The number of fused-ring (bicyclic) bond motifs is 2. The Kier molecular flexibility index (Phi) is 19.1. The smallest absolute Gasteiger partial charge is 0.790 e. The molecule has 5 N–H and O–H groups in total. The summed E-state index contributed by atoms with van der Waals surface area (Å²) >= 11 is -0.454. The van der Waals surface area contributed by atoms with Crippen LogP contribution < -0.4 is 124 Å². The van der Waals surface area contributed by atoms with Gasteiger partial charge >= 0.3 is 124 Å². The normalized spacial score (nSPS) is 13.8. The number of carbonyl (C=O) groups excluding carboxylic acids is 2. The maximum absolute atomic E-state index is 12.8. The summed E-state index contributed by atoms with van der Waals surface area (Å²) in [6, 6.07) is 0.412. The minimum absolute atomic E-state index is 0. The van der Waals surface area contributed by atoms with Gasteiger partial charge in [0.1, 0.15) is 31.9 Å². The number of aliphatic hydroxyl groups excluding tert-OH is 1. The van der Waals surface area contributed by atoms with E-state index in [1.54, 1.807) is 0 Å². The largest absolute Gasteiger partial charge is 1.00 e. The van der Waals surface area contributed by atoms with Gasteiger partial charge in [-0.1, -0.05) is 5.57 Å². The molecule has 0 amide bonds. The Balaban J connectivity index is -0.00000125. The number of aromatic hydroxyl groups is 1. The van der Waals surface area contributed by atoms with Crippen molar-refractivity contribution in [1.82, 2.24) is 0 Å². The van der Waals surface area contributed by atoms with Gasteiger partial charge in [0, 0.05) is 11.3 Å². The number of phenolic OH excluding ortho intramolecular Hbond substituents is 1. The van der Waals surface area contributed by atoms with Crippen LogP contribution in [0.5, 0.6) is 5.75 Å². The van der Waals surface area contributed by atoms with Gasteiger partial charge in [-0.05, 0) is 11.6 Å². The van der Waals surface area contributed by atoms with Gasteiger partial charge < -0.3 is 44.8 Å². The van der Waals surface area contributed by atoms with Gasteiger partial charge in [0.15, 0.2) is 5.78 Å². The first-order valence-corrected chi connectivity index (χ1v) is 11.9. The van der Waals surface area contributed by atoms with Crippen LogP contribution in [0, 0.1) is 6.08 Å². The summed E-state index contributed by atoms with van der Waals surface area (Å²) in [5.41, 5.74) is 3.42. The zero-order valence-electron chi connectivity index (χ0n) is 20.0. The van der Waals surface area contributed by atoms with Crippen LogP contribution in [0.1, 0.15) is 15.9 Å². The van der Waals surface area contributed by atoms with Crippen LogP contribution >= 0.6 is 12.0 Å². The summed E-state index contributed by atoms with van der Waals surface area (Å²) in [5, 5.41) is 28.7. The number of anilines is 1. The van der Waals surface area contributed by atoms with E-state index in [0.717, 1.165) is 6.08 Å². The predicted octanol–water partition coefficient (Wildman–Crippen LogP) is -11.5. The minimum atomic E-state index is -5.41. The number of Topliss-reactive ketones (excluding diaryl/α,β-unsaturated/α-hetero) is 2. The summed E-state index contributed by atoms with van der Waals surface area (Å²) < 4.78 is 76.0. The van der Waals surface area contributed by atoms with Crippen molar-refractivity contribution in [3.05, 3.63) is 51.9 Å². The Morgan fingerprint density at radius 2 is 1.53 bits per heavy atom. The van der Waals surface area contributed by atoms with Crippen molar-refractivity contribution < 1.29 is 178 Å². The second kappa shape index (κ2) is 16.9. The van der Waals surface area contributed by atoms with E-state index in [4.69, 9.17) is 20.2 Å². The number of ketones is 2. The van der Waals surface area contributed by atoms with Crippen molar-refractivity contribution in [3.8, 4) is 5.75 Å². The molecule has 0 spiro atoms. The SMILES string of the molecule is O=C(O)S[O-].[NH-]C1=C2C(=O)c3c(O)c(S(=O)(=O)[O-])cc(NCS(=O)(=O)[O-])c3C(O)=C2C(=O)[C-]=C1.[Na+].[Na+].[Na+].[Na+]. The Morgan fingerprint density at radius 1 is 1.03 bits per heavy atom. The third kappa shape index (κ3) is 10.1. The van der Waals surface area contributed by atoms with Crippen molar-refractivity contribution in [2.45, 2.75) is 4.90 Å². The molecule has 0 saturated carbocycles.